The van der Waals surface area contributed by atoms with Gasteiger partial charge in [-0.2, -0.15) is 0 Å². The number of nitrogens with one attached hydrogen (secondary N) is 1. The molecule has 1 heterocycles. The Bertz CT molecular complexity index is 453. The van der Waals surface area contributed by atoms with Crippen molar-refractivity contribution in [3.05, 3.63) is 35.4 Å². The minimum absolute atomic E-state index is 0.0342. The van der Waals surface area contributed by atoms with Crippen molar-refractivity contribution in [3.8, 4) is 0 Å². The number of piperidine rings is 1. The van der Waals surface area contributed by atoms with Gasteiger partial charge in [-0.05, 0) is 69.9 Å². The number of hydrogen-bond acceptors (Lipinski definition) is 3. The predicted molar refractivity (Wildman–Crippen MR) is 86.4 cm³/mol. The molecule has 1 aliphatic heterocycles. The van der Waals surface area contributed by atoms with Gasteiger partial charge in [0.25, 0.3) is 5.91 Å². The van der Waals surface area contributed by atoms with Gasteiger partial charge in [-0.1, -0.05) is 18.2 Å². The van der Waals surface area contributed by atoms with E-state index in [0.717, 1.165) is 36.4 Å². The number of nitrogens with two attached hydrogens (primary N) is 1. The molecule has 1 amide bonds. The molecule has 0 saturated carbocycles. The van der Waals surface area contributed by atoms with Gasteiger partial charge < -0.3 is 16.0 Å². The van der Waals surface area contributed by atoms with Crippen LogP contribution in [0.15, 0.2) is 24.3 Å². The summed E-state index contributed by atoms with van der Waals surface area (Å²) < 4.78 is 0. The van der Waals surface area contributed by atoms with Gasteiger partial charge in [-0.25, -0.2) is 0 Å². The molecule has 4 heteroatoms. The van der Waals surface area contributed by atoms with E-state index >= 15 is 0 Å². The Balaban J connectivity index is 1.79. The molecule has 1 saturated heterocycles. The van der Waals surface area contributed by atoms with Gasteiger partial charge in [0.05, 0.1) is 0 Å². The van der Waals surface area contributed by atoms with Crippen LogP contribution in [-0.2, 0) is 6.42 Å². The summed E-state index contributed by atoms with van der Waals surface area (Å²) in [5.74, 6) is 0.785. The average molecular weight is 289 g/mol. The summed E-state index contributed by atoms with van der Waals surface area (Å²) in [6.45, 7) is 3.69. The number of nitrogens with zero attached hydrogens (tertiary/aromatic N) is 1. The van der Waals surface area contributed by atoms with E-state index in [9.17, 15) is 4.79 Å². The number of rotatable bonds is 6. The van der Waals surface area contributed by atoms with Crippen LogP contribution < -0.4 is 11.1 Å². The number of amides is 1. The maximum absolute atomic E-state index is 12.3. The number of benzene rings is 1. The first-order chi connectivity index (χ1) is 10.2. The van der Waals surface area contributed by atoms with Crippen molar-refractivity contribution in [1.82, 2.24) is 10.2 Å². The van der Waals surface area contributed by atoms with Crippen LogP contribution in [0.1, 0.15) is 35.2 Å². The molecule has 1 aromatic rings. The van der Waals surface area contributed by atoms with Crippen molar-refractivity contribution in [3.63, 3.8) is 0 Å². The fourth-order valence-corrected chi connectivity index (χ4v) is 2.95. The van der Waals surface area contributed by atoms with Crippen LogP contribution in [0.25, 0.3) is 0 Å². The Morgan fingerprint density at radius 3 is 2.76 bits per heavy atom. The summed E-state index contributed by atoms with van der Waals surface area (Å²) in [6, 6.07) is 7.74. The third-order valence-electron chi connectivity index (χ3n) is 4.35. The van der Waals surface area contributed by atoms with E-state index in [1.165, 1.54) is 25.9 Å². The first-order valence-electron chi connectivity index (χ1n) is 7.95. The zero-order valence-electron chi connectivity index (χ0n) is 13.0. The smallest absolute Gasteiger partial charge is 0.251 e. The first kappa shape index (κ1) is 16.0. The van der Waals surface area contributed by atoms with Crippen molar-refractivity contribution in [2.75, 3.05) is 33.2 Å². The molecule has 0 atom stereocenters. The van der Waals surface area contributed by atoms with Gasteiger partial charge in [0, 0.05) is 12.1 Å². The molecule has 0 unspecified atom stereocenters. The van der Waals surface area contributed by atoms with E-state index < -0.39 is 0 Å². The van der Waals surface area contributed by atoms with E-state index in [-0.39, 0.29) is 5.91 Å². The Hall–Kier alpha value is -1.39. The fourth-order valence-electron chi connectivity index (χ4n) is 2.95. The molecule has 2 rings (SSSR count). The third-order valence-corrected chi connectivity index (χ3v) is 4.35. The highest BCUT2D eigenvalue weighted by atomic mass is 16.1. The molecule has 0 bridgehead atoms. The van der Waals surface area contributed by atoms with Crippen molar-refractivity contribution < 1.29 is 4.79 Å². The minimum Gasteiger partial charge on any atom is -0.352 e. The number of likely N-dealkylation sites (tertiary alicyclic amines) is 1. The van der Waals surface area contributed by atoms with Crippen LogP contribution >= 0.6 is 0 Å². The van der Waals surface area contributed by atoms with Crippen molar-refractivity contribution in [2.24, 2.45) is 11.7 Å². The van der Waals surface area contributed by atoms with Gasteiger partial charge in [-0.3, -0.25) is 4.79 Å². The second-order valence-corrected chi connectivity index (χ2v) is 5.99. The Labute approximate surface area is 127 Å². The second kappa shape index (κ2) is 8.15. The van der Waals surface area contributed by atoms with E-state index in [1.54, 1.807) is 0 Å². The highest BCUT2D eigenvalue weighted by Gasteiger charge is 2.17. The second-order valence-electron chi connectivity index (χ2n) is 5.99. The molecule has 0 spiro atoms. The molecule has 4 nitrogen and oxygen atoms in total. The minimum atomic E-state index is 0.0342. The predicted octanol–water partition coefficient (Wildman–Crippen LogP) is 1.65. The molecule has 0 aromatic heterocycles. The maximum atomic E-state index is 12.3. The lowest BCUT2D eigenvalue weighted by Crippen LogP contribution is -2.33. The van der Waals surface area contributed by atoms with Gasteiger partial charge in [0.2, 0.25) is 0 Å². The highest BCUT2D eigenvalue weighted by molar-refractivity contribution is 5.95. The van der Waals surface area contributed by atoms with Crippen LogP contribution in [-0.4, -0.2) is 44.0 Å². The lowest BCUT2D eigenvalue weighted by molar-refractivity contribution is 0.0948. The molecule has 1 fully saturated rings. The number of carbonyl (C=O) groups excluding carboxylic acids is 1. The van der Waals surface area contributed by atoms with Gasteiger partial charge in [0.1, 0.15) is 0 Å². The Kier molecular flexibility index (Phi) is 6.21. The fraction of sp³-hybridized carbons (Fsp3) is 0.588. The summed E-state index contributed by atoms with van der Waals surface area (Å²) in [5.41, 5.74) is 7.41. The average Bonchev–Trinajstić information content (AvgIpc) is 2.50. The SMILES string of the molecule is CN1CCC(CCNC(=O)c2ccccc2CCN)CC1. The van der Waals surface area contributed by atoms with E-state index in [4.69, 9.17) is 5.73 Å². The third kappa shape index (κ3) is 4.83. The number of hydrogen-bond donors (Lipinski definition) is 2. The number of carbonyl (C=O) groups is 1. The first-order valence-corrected chi connectivity index (χ1v) is 7.95. The molecule has 116 valence electrons. The zero-order chi connectivity index (χ0) is 15.1. The topological polar surface area (TPSA) is 58.4 Å². The van der Waals surface area contributed by atoms with Crippen LogP contribution in [0, 0.1) is 5.92 Å². The highest BCUT2D eigenvalue weighted by Crippen LogP contribution is 2.18. The summed E-state index contributed by atoms with van der Waals surface area (Å²) in [7, 11) is 2.17. The normalized spacial score (nSPS) is 16.9. The quantitative estimate of drug-likeness (QED) is 0.837. The van der Waals surface area contributed by atoms with E-state index in [2.05, 4.69) is 17.3 Å². The van der Waals surface area contributed by atoms with Gasteiger partial charge in [-0.15, -0.1) is 0 Å². The van der Waals surface area contributed by atoms with Gasteiger partial charge in [0.15, 0.2) is 0 Å². The monoisotopic (exact) mass is 289 g/mol. The molecule has 21 heavy (non-hydrogen) atoms. The van der Waals surface area contributed by atoms with Crippen molar-refractivity contribution in [1.29, 1.82) is 0 Å². The van der Waals surface area contributed by atoms with Gasteiger partial charge >= 0.3 is 0 Å². The zero-order valence-corrected chi connectivity index (χ0v) is 13.0. The lowest BCUT2D eigenvalue weighted by Gasteiger charge is -2.28. The molecule has 1 aliphatic rings. The van der Waals surface area contributed by atoms with Crippen LogP contribution in [0.3, 0.4) is 0 Å². The molecular formula is C17H27N3O. The molecule has 1 aromatic carbocycles. The Morgan fingerprint density at radius 2 is 2.05 bits per heavy atom. The lowest BCUT2D eigenvalue weighted by atomic mass is 9.94. The van der Waals surface area contributed by atoms with Crippen molar-refractivity contribution in [2.45, 2.75) is 25.7 Å². The van der Waals surface area contributed by atoms with Crippen LogP contribution in [0.5, 0.6) is 0 Å². The molecule has 0 radical (unpaired) electrons. The van der Waals surface area contributed by atoms with Crippen LogP contribution in [0.4, 0.5) is 0 Å². The molecule has 0 aliphatic carbocycles. The molecule has 3 N–H and O–H groups in total. The summed E-state index contributed by atoms with van der Waals surface area (Å²) >= 11 is 0. The standard InChI is InChI=1S/C17H27N3O/c1-20-12-8-14(9-13-20)7-11-19-17(21)16-5-3-2-4-15(16)6-10-18/h2-5,14H,6-13,18H2,1H3,(H,19,21). The maximum Gasteiger partial charge on any atom is 0.251 e. The largest absolute Gasteiger partial charge is 0.352 e. The van der Waals surface area contributed by atoms with E-state index in [1.807, 2.05) is 24.3 Å². The summed E-state index contributed by atoms with van der Waals surface area (Å²) in [4.78, 5) is 14.6. The summed E-state index contributed by atoms with van der Waals surface area (Å²) in [6.07, 6.45) is 4.32. The van der Waals surface area contributed by atoms with E-state index in [0.29, 0.717) is 6.54 Å². The van der Waals surface area contributed by atoms with Crippen molar-refractivity contribution >= 4 is 5.91 Å². The molecular weight excluding hydrogens is 262 g/mol. The Morgan fingerprint density at radius 1 is 1.33 bits per heavy atom. The van der Waals surface area contributed by atoms with Crippen LogP contribution in [0.2, 0.25) is 0 Å². The summed E-state index contributed by atoms with van der Waals surface area (Å²) in [5, 5.41) is 3.06.